The first-order valence-corrected chi connectivity index (χ1v) is 11.3. The van der Waals surface area contributed by atoms with Gasteiger partial charge in [0.1, 0.15) is 0 Å². The maximum absolute atomic E-state index is 8.97. The minimum absolute atomic E-state index is 0.348. The van der Waals surface area contributed by atoms with Gasteiger partial charge >= 0.3 is 0 Å². The Labute approximate surface area is 133 Å². The first-order valence-electron chi connectivity index (χ1n) is 9.13. The molecule has 0 aromatic heterocycles. The van der Waals surface area contributed by atoms with Gasteiger partial charge in [-0.3, -0.25) is 0 Å². The Kier molecular flexibility index (Phi) is 7.94. The molecule has 126 valence electrons. The summed E-state index contributed by atoms with van der Waals surface area (Å²) in [5.41, 5.74) is 2.05. The second-order valence-electron chi connectivity index (χ2n) is 7.94. The maximum atomic E-state index is 8.97. The molecule has 0 unspecified atom stereocenters. The van der Waals surface area contributed by atoms with Crippen molar-refractivity contribution >= 4 is 8.32 Å². The van der Waals surface area contributed by atoms with Crippen LogP contribution in [0.5, 0.6) is 0 Å². The Hall–Kier alpha value is 0.137. The van der Waals surface area contributed by atoms with Gasteiger partial charge < -0.3 is 9.53 Å². The minimum Gasteiger partial charge on any atom is -0.413 e. The smallest absolute Gasteiger partial charge is 0.200 e. The van der Waals surface area contributed by atoms with E-state index in [1.165, 1.54) is 32.1 Å². The van der Waals surface area contributed by atoms with Crippen LogP contribution in [0, 0.1) is 5.92 Å². The monoisotopic (exact) mass is 314 g/mol. The fourth-order valence-corrected chi connectivity index (χ4v) is 10.2. The van der Waals surface area contributed by atoms with E-state index in [1.807, 2.05) is 0 Å². The summed E-state index contributed by atoms with van der Waals surface area (Å²) in [5, 5.41) is 8.97. The highest BCUT2D eigenvalue weighted by Crippen LogP contribution is 2.44. The van der Waals surface area contributed by atoms with Crippen LogP contribution in [0.15, 0.2) is 0 Å². The fraction of sp³-hybridized carbons (Fsp3) is 1.00. The predicted molar refractivity (Wildman–Crippen MR) is 94.2 cm³/mol. The van der Waals surface area contributed by atoms with Crippen molar-refractivity contribution in [3.63, 3.8) is 0 Å². The molecule has 1 aliphatic rings. The molecule has 3 heteroatoms. The van der Waals surface area contributed by atoms with E-state index in [-0.39, 0.29) is 0 Å². The largest absolute Gasteiger partial charge is 0.413 e. The van der Waals surface area contributed by atoms with Gasteiger partial charge in [-0.2, -0.15) is 0 Å². The normalized spacial score (nSPS) is 24.3. The van der Waals surface area contributed by atoms with Crippen molar-refractivity contribution in [1.29, 1.82) is 0 Å². The average Bonchev–Trinajstić information content (AvgIpc) is 2.42. The van der Waals surface area contributed by atoms with Crippen LogP contribution in [-0.4, -0.2) is 26.1 Å². The van der Waals surface area contributed by atoms with Gasteiger partial charge in [-0.25, -0.2) is 0 Å². The molecule has 0 atom stereocenters. The average molecular weight is 315 g/mol. The summed E-state index contributed by atoms with van der Waals surface area (Å²) in [7, 11) is -1.70. The van der Waals surface area contributed by atoms with Crippen molar-refractivity contribution in [3.05, 3.63) is 0 Å². The second kappa shape index (κ2) is 8.69. The molecule has 0 aliphatic heterocycles. The van der Waals surface area contributed by atoms with Gasteiger partial charge in [-0.15, -0.1) is 0 Å². The van der Waals surface area contributed by atoms with Gasteiger partial charge in [0.15, 0.2) is 0 Å². The second-order valence-corrected chi connectivity index (χ2v) is 13.4. The van der Waals surface area contributed by atoms with Gasteiger partial charge in [-0.05, 0) is 61.1 Å². The van der Waals surface area contributed by atoms with E-state index in [1.54, 1.807) is 0 Å². The lowest BCUT2D eigenvalue weighted by atomic mass is 9.85. The summed E-state index contributed by atoms with van der Waals surface area (Å²) in [6, 6.07) is 0. The predicted octanol–water partition coefficient (Wildman–Crippen LogP) is 5.51. The molecular formula is C18H38O2Si. The number of hydrogen-bond acceptors (Lipinski definition) is 2. The Morgan fingerprint density at radius 2 is 1.38 bits per heavy atom. The fourth-order valence-electron chi connectivity index (χ4n) is 4.62. The van der Waals surface area contributed by atoms with E-state index < -0.39 is 8.32 Å². The number of hydrogen-bond donors (Lipinski definition) is 1. The molecule has 21 heavy (non-hydrogen) atoms. The Morgan fingerprint density at radius 3 is 1.76 bits per heavy atom. The highest BCUT2D eigenvalue weighted by Gasteiger charge is 2.46. The van der Waals surface area contributed by atoms with Crippen molar-refractivity contribution in [3.8, 4) is 0 Å². The van der Waals surface area contributed by atoms with Crippen LogP contribution in [0.3, 0.4) is 0 Å². The SMILES string of the molecule is CC(C)[Si](OC1CCC(CCCO)CC1)(C(C)C)C(C)C. The van der Waals surface area contributed by atoms with E-state index in [9.17, 15) is 0 Å². The maximum Gasteiger partial charge on any atom is 0.200 e. The zero-order chi connectivity index (χ0) is 16.0. The highest BCUT2D eigenvalue weighted by molar-refractivity contribution is 6.77. The van der Waals surface area contributed by atoms with E-state index >= 15 is 0 Å². The molecule has 1 N–H and O–H groups in total. The first kappa shape index (κ1) is 19.2. The third-order valence-corrected chi connectivity index (χ3v) is 11.8. The third-order valence-electron chi connectivity index (χ3n) is 5.64. The zero-order valence-electron chi connectivity index (χ0n) is 15.2. The standard InChI is InChI=1S/C18H38O2Si/c1-14(2)21(15(3)4,16(5)6)20-18-11-9-17(10-12-18)8-7-13-19/h14-19H,7-13H2,1-6H3. The Bertz CT molecular complexity index is 259. The molecule has 2 nitrogen and oxygen atoms in total. The molecule has 0 heterocycles. The molecule has 0 saturated heterocycles. The lowest BCUT2D eigenvalue weighted by Gasteiger charge is -2.46. The van der Waals surface area contributed by atoms with Crippen LogP contribution in [0.2, 0.25) is 16.6 Å². The molecule has 1 saturated carbocycles. The summed E-state index contributed by atoms with van der Waals surface area (Å²) in [4.78, 5) is 0. The molecule has 0 radical (unpaired) electrons. The van der Waals surface area contributed by atoms with Crippen LogP contribution in [-0.2, 0) is 4.43 Å². The van der Waals surface area contributed by atoms with E-state index in [0.717, 1.165) is 12.3 Å². The number of aliphatic hydroxyl groups excluding tert-OH is 1. The van der Waals surface area contributed by atoms with Crippen molar-refractivity contribution in [2.24, 2.45) is 5.92 Å². The van der Waals surface area contributed by atoms with E-state index in [4.69, 9.17) is 9.53 Å². The van der Waals surface area contributed by atoms with Gasteiger partial charge in [0.05, 0.1) is 0 Å². The molecule has 0 spiro atoms. The Morgan fingerprint density at radius 1 is 0.905 bits per heavy atom. The van der Waals surface area contributed by atoms with E-state index in [0.29, 0.717) is 29.3 Å². The van der Waals surface area contributed by atoms with Crippen molar-refractivity contribution in [1.82, 2.24) is 0 Å². The van der Waals surface area contributed by atoms with Crippen LogP contribution < -0.4 is 0 Å². The van der Waals surface area contributed by atoms with Crippen LogP contribution in [0.25, 0.3) is 0 Å². The quantitative estimate of drug-likeness (QED) is 0.599. The minimum atomic E-state index is -1.70. The zero-order valence-corrected chi connectivity index (χ0v) is 16.2. The third kappa shape index (κ3) is 4.80. The molecule has 0 amide bonds. The summed E-state index contributed by atoms with van der Waals surface area (Å²) in [6.45, 7) is 14.6. The van der Waals surface area contributed by atoms with Crippen molar-refractivity contribution < 1.29 is 9.53 Å². The molecule has 1 rings (SSSR count). The highest BCUT2D eigenvalue weighted by atomic mass is 28.4. The first-order chi connectivity index (χ1) is 9.84. The van der Waals surface area contributed by atoms with Crippen LogP contribution >= 0.6 is 0 Å². The molecule has 0 aromatic carbocycles. The molecule has 0 aromatic rings. The summed E-state index contributed by atoms with van der Waals surface area (Å²) in [6.07, 6.45) is 7.72. The molecular weight excluding hydrogens is 276 g/mol. The topological polar surface area (TPSA) is 29.5 Å². The van der Waals surface area contributed by atoms with Crippen LogP contribution in [0.1, 0.15) is 80.1 Å². The lowest BCUT2D eigenvalue weighted by Crippen LogP contribution is -2.50. The summed E-state index contributed by atoms with van der Waals surface area (Å²) in [5.74, 6) is 0.824. The summed E-state index contributed by atoms with van der Waals surface area (Å²) < 4.78 is 6.91. The summed E-state index contributed by atoms with van der Waals surface area (Å²) >= 11 is 0. The molecule has 1 fully saturated rings. The number of rotatable bonds is 8. The van der Waals surface area contributed by atoms with Crippen LogP contribution in [0.4, 0.5) is 0 Å². The molecule has 1 aliphatic carbocycles. The lowest BCUT2D eigenvalue weighted by molar-refractivity contribution is 0.107. The van der Waals surface area contributed by atoms with Crippen molar-refractivity contribution in [2.75, 3.05) is 6.61 Å². The van der Waals surface area contributed by atoms with E-state index in [2.05, 4.69) is 41.5 Å². The van der Waals surface area contributed by atoms with Gasteiger partial charge in [0.2, 0.25) is 8.32 Å². The van der Waals surface area contributed by atoms with Gasteiger partial charge in [-0.1, -0.05) is 41.5 Å². The Balaban J connectivity index is 2.62. The van der Waals surface area contributed by atoms with Gasteiger partial charge in [0, 0.05) is 12.7 Å². The molecule has 0 bridgehead atoms. The number of aliphatic hydroxyl groups is 1. The van der Waals surface area contributed by atoms with Crippen molar-refractivity contribution in [2.45, 2.75) is 103 Å². The van der Waals surface area contributed by atoms with Gasteiger partial charge in [0.25, 0.3) is 0 Å².